The number of urea groups is 1. The monoisotopic (exact) mass is 383 g/mol. The summed E-state index contributed by atoms with van der Waals surface area (Å²) in [7, 11) is 0. The average Bonchev–Trinajstić information content (AvgIpc) is 3.04. The van der Waals surface area contributed by atoms with Gasteiger partial charge in [0.25, 0.3) is 0 Å². The summed E-state index contributed by atoms with van der Waals surface area (Å²) in [4.78, 5) is 28.1. The van der Waals surface area contributed by atoms with Crippen molar-refractivity contribution in [3.63, 3.8) is 0 Å². The molecule has 0 bridgehead atoms. The lowest BCUT2D eigenvalue weighted by molar-refractivity contribution is -0.121. The molecule has 5 nitrogen and oxygen atoms in total. The quantitative estimate of drug-likeness (QED) is 0.795. The Morgan fingerprint density at radius 1 is 1.07 bits per heavy atom. The van der Waals surface area contributed by atoms with E-state index >= 15 is 0 Å². The first-order valence-electron chi connectivity index (χ1n) is 9.61. The van der Waals surface area contributed by atoms with Crippen molar-refractivity contribution in [1.29, 1.82) is 0 Å². The predicted molar refractivity (Wildman–Crippen MR) is 108 cm³/mol. The van der Waals surface area contributed by atoms with Gasteiger partial charge in [-0.15, -0.1) is 0 Å². The van der Waals surface area contributed by atoms with E-state index in [1.165, 1.54) is 17.7 Å². The first-order valence-corrected chi connectivity index (χ1v) is 9.61. The Balaban J connectivity index is 1.47. The molecule has 0 spiro atoms. The van der Waals surface area contributed by atoms with E-state index in [1.807, 2.05) is 24.3 Å². The number of anilines is 1. The van der Waals surface area contributed by atoms with Crippen LogP contribution in [0, 0.1) is 5.82 Å². The number of nitrogens with zero attached hydrogens (tertiary/aromatic N) is 2. The van der Waals surface area contributed by atoms with Crippen molar-refractivity contribution < 1.29 is 14.0 Å². The number of hydrogen-bond donors (Lipinski definition) is 1. The zero-order valence-electron chi connectivity index (χ0n) is 16.3. The van der Waals surface area contributed by atoms with Crippen LogP contribution in [0.2, 0.25) is 0 Å². The Bertz CT molecular complexity index is 819. The molecule has 1 saturated heterocycles. The number of rotatable bonds is 7. The summed E-state index contributed by atoms with van der Waals surface area (Å²) in [5, 5.41) is 2.82. The van der Waals surface area contributed by atoms with E-state index in [4.69, 9.17) is 0 Å². The SMILES string of the molecule is CC(C)c1ccc(N2CCN(CC(=O)NCCc3ccc(F)cc3)C2=O)cc1. The van der Waals surface area contributed by atoms with E-state index in [1.54, 1.807) is 21.9 Å². The van der Waals surface area contributed by atoms with Gasteiger partial charge >= 0.3 is 6.03 Å². The minimum absolute atomic E-state index is 0.0445. The molecule has 0 unspecified atom stereocenters. The highest BCUT2D eigenvalue weighted by atomic mass is 19.1. The number of benzene rings is 2. The summed E-state index contributed by atoms with van der Waals surface area (Å²) in [6.45, 7) is 5.85. The van der Waals surface area contributed by atoms with Crippen molar-refractivity contribution in [3.05, 3.63) is 65.5 Å². The Hall–Kier alpha value is -2.89. The number of carbonyl (C=O) groups excluding carboxylic acids is 2. The van der Waals surface area contributed by atoms with Gasteiger partial charge in [-0.1, -0.05) is 38.1 Å². The highest BCUT2D eigenvalue weighted by Crippen LogP contribution is 2.23. The first kappa shape index (κ1) is 19.9. The Morgan fingerprint density at radius 3 is 2.39 bits per heavy atom. The third kappa shape index (κ3) is 4.88. The Morgan fingerprint density at radius 2 is 1.75 bits per heavy atom. The molecule has 0 radical (unpaired) electrons. The fourth-order valence-electron chi connectivity index (χ4n) is 3.23. The van der Waals surface area contributed by atoms with Crippen LogP contribution in [0.1, 0.15) is 30.9 Å². The smallest absolute Gasteiger partial charge is 0.325 e. The molecule has 1 heterocycles. The van der Waals surface area contributed by atoms with Crippen LogP contribution in [0.15, 0.2) is 48.5 Å². The van der Waals surface area contributed by atoms with Crippen molar-refractivity contribution in [2.45, 2.75) is 26.2 Å². The van der Waals surface area contributed by atoms with E-state index in [2.05, 4.69) is 19.2 Å². The summed E-state index contributed by atoms with van der Waals surface area (Å²) in [5.41, 5.74) is 3.04. The number of amides is 3. The predicted octanol–water partition coefficient (Wildman–Crippen LogP) is 3.55. The van der Waals surface area contributed by atoms with Gasteiger partial charge < -0.3 is 10.2 Å². The van der Waals surface area contributed by atoms with Gasteiger partial charge in [0.1, 0.15) is 12.4 Å². The lowest BCUT2D eigenvalue weighted by Crippen LogP contribution is -2.40. The topological polar surface area (TPSA) is 52.6 Å². The molecule has 1 aliphatic rings. The standard InChI is InChI=1S/C22H26FN3O2/c1-16(2)18-5-9-20(10-6-18)26-14-13-25(22(26)28)15-21(27)24-12-11-17-3-7-19(23)8-4-17/h3-10,16H,11-15H2,1-2H3,(H,24,27). The molecule has 3 rings (SSSR count). The number of nitrogens with one attached hydrogen (secondary N) is 1. The second-order valence-electron chi connectivity index (χ2n) is 7.33. The van der Waals surface area contributed by atoms with Crippen molar-refractivity contribution in [1.82, 2.24) is 10.2 Å². The molecule has 1 aliphatic heterocycles. The zero-order chi connectivity index (χ0) is 20.1. The minimum atomic E-state index is -0.274. The average molecular weight is 383 g/mol. The number of hydrogen-bond acceptors (Lipinski definition) is 2. The summed E-state index contributed by atoms with van der Waals surface area (Å²) in [6.07, 6.45) is 0.619. The van der Waals surface area contributed by atoms with Crippen LogP contribution in [0.4, 0.5) is 14.9 Å². The number of carbonyl (C=O) groups is 2. The summed E-state index contributed by atoms with van der Waals surface area (Å²) in [5.74, 6) is -0.0189. The fraction of sp³-hybridized carbons (Fsp3) is 0.364. The third-order valence-corrected chi connectivity index (χ3v) is 4.95. The molecular weight excluding hydrogens is 357 g/mol. The van der Waals surface area contributed by atoms with Crippen LogP contribution in [-0.2, 0) is 11.2 Å². The normalized spacial score (nSPS) is 14.1. The van der Waals surface area contributed by atoms with Crippen LogP contribution in [0.5, 0.6) is 0 Å². The fourth-order valence-corrected chi connectivity index (χ4v) is 3.23. The molecule has 0 aliphatic carbocycles. The Kier molecular flexibility index (Phi) is 6.29. The van der Waals surface area contributed by atoms with Gasteiger partial charge in [0.15, 0.2) is 0 Å². The summed E-state index contributed by atoms with van der Waals surface area (Å²) >= 11 is 0. The van der Waals surface area contributed by atoms with Crippen molar-refractivity contribution in [3.8, 4) is 0 Å². The maximum atomic E-state index is 12.9. The van der Waals surface area contributed by atoms with E-state index in [9.17, 15) is 14.0 Å². The molecule has 2 aromatic rings. The molecule has 1 fully saturated rings. The second-order valence-corrected chi connectivity index (χ2v) is 7.33. The zero-order valence-corrected chi connectivity index (χ0v) is 16.3. The molecule has 0 aromatic heterocycles. The lowest BCUT2D eigenvalue weighted by atomic mass is 10.0. The molecule has 6 heteroatoms. The maximum Gasteiger partial charge on any atom is 0.325 e. The van der Waals surface area contributed by atoms with Crippen LogP contribution in [0.3, 0.4) is 0 Å². The van der Waals surface area contributed by atoms with E-state index in [0.717, 1.165) is 11.3 Å². The van der Waals surface area contributed by atoms with Gasteiger partial charge in [0.2, 0.25) is 5.91 Å². The van der Waals surface area contributed by atoms with Gasteiger partial charge in [0.05, 0.1) is 0 Å². The Labute approximate surface area is 165 Å². The van der Waals surface area contributed by atoms with Crippen molar-refractivity contribution in [2.75, 3.05) is 31.1 Å². The van der Waals surface area contributed by atoms with Gasteiger partial charge in [-0.25, -0.2) is 9.18 Å². The molecule has 0 saturated carbocycles. The van der Waals surface area contributed by atoms with Gasteiger partial charge in [-0.2, -0.15) is 0 Å². The first-order chi connectivity index (χ1) is 13.4. The maximum absolute atomic E-state index is 12.9. The summed E-state index contributed by atoms with van der Waals surface area (Å²) in [6, 6.07) is 14.1. The van der Waals surface area contributed by atoms with Crippen LogP contribution in [0.25, 0.3) is 0 Å². The highest BCUT2D eigenvalue weighted by molar-refractivity contribution is 5.96. The minimum Gasteiger partial charge on any atom is -0.354 e. The molecule has 148 valence electrons. The van der Waals surface area contributed by atoms with E-state index < -0.39 is 0 Å². The van der Waals surface area contributed by atoms with E-state index in [-0.39, 0.29) is 24.3 Å². The van der Waals surface area contributed by atoms with Crippen molar-refractivity contribution >= 4 is 17.6 Å². The highest BCUT2D eigenvalue weighted by Gasteiger charge is 2.30. The molecule has 0 atom stereocenters. The van der Waals surface area contributed by atoms with E-state index in [0.29, 0.717) is 32.0 Å². The van der Waals surface area contributed by atoms with Gasteiger partial charge in [-0.3, -0.25) is 9.69 Å². The molecule has 1 N–H and O–H groups in total. The van der Waals surface area contributed by atoms with Gasteiger partial charge in [-0.05, 0) is 47.7 Å². The summed E-state index contributed by atoms with van der Waals surface area (Å²) < 4.78 is 12.9. The molecular formula is C22H26FN3O2. The number of halogens is 1. The molecule has 3 amide bonds. The van der Waals surface area contributed by atoms with Crippen LogP contribution >= 0.6 is 0 Å². The van der Waals surface area contributed by atoms with Crippen LogP contribution < -0.4 is 10.2 Å². The molecule has 28 heavy (non-hydrogen) atoms. The largest absolute Gasteiger partial charge is 0.354 e. The molecule has 2 aromatic carbocycles. The lowest BCUT2D eigenvalue weighted by Gasteiger charge is -2.19. The van der Waals surface area contributed by atoms with Crippen LogP contribution in [-0.4, -0.2) is 43.0 Å². The third-order valence-electron chi connectivity index (χ3n) is 4.95. The van der Waals surface area contributed by atoms with Gasteiger partial charge in [0, 0.05) is 25.3 Å². The van der Waals surface area contributed by atoms with Crippen molar-refractivity contribution in [2.24, 2.45) is 0 Å². The second kappa shape index (κ2) is 8.87.